The summed E-state index contributed by atoms with van der Waals surface area (Å²) in [6.07, 6.45) is -6.33. The van der Waals surface area contributed by atoms with Gasteiger partial charge in [0.05, 0.1) is 13.9 Å². The van der Waals surface area contributed by atoms with E-state index in [2.05, 4.69) is 4.98 Å². The van der Waals surface area contributed by atoms with Crippen molar-refractivity contribution < 1.29 is 31.2 Å². The molecule has 0 aliphatic carbocycles. The SMILES string of the molecule is [2H]C1([2H])N(C(=O)OC(C)(C)C)C([2H])([2H])C([2H])(c2cncc(B3OC(C)(C)C(C)(C)O3)c2)C([2H])([2H])C1([2H])[2H]. The van der Waals surface area contributed by atoms with E-state index in [9.17, 15) is 4.79 Å². The average Bonchev–Trinajstić information content (AvgIpc) is 2.91. The van der Waals surface area contributed by atoms with Crippen LogP contribution in [-0.2, 0) is 14.0 Å². The van der Waals surface area contributed by atoms with Crippen molar-refractivity contribution >= 4 is 18.7 Å². The fraction of sp³-hybridized carbons (Fsp3) is 0.714. The molecule has 0 bridgehead atoms. The molecule has 3 rings (SSSR count). The molecule has 1 amide bonds. The first-order valence-electron chi connectivity index (χ1n) is 13.6. The second-order valence-electron chi connectivity index (χ2n) is 8.76. The van der Waals surface area contributed by atoms with Crippen LogP contribution in [0, 0.1) is 0 Å². The molecule has 2 aliphatic rings. The van der Waals surface area contributed by atoms with E-state index in [1.807, 2.05) is 27.7 Å². The summed E-state index contributed by atoms with van der Waals surface area (Å²) < 4.78 is 94.5. The summed E-state index contributed by atoms with van der Waals surface area (Å²) in [5.41, 5.74) is -2.94. The van der Waals surface area contributed by atoms with Crippen molar-refractivity contribution in [2.24, 2.45) is 0 Å². The van der Waals surface area contributed by atoms with Crippen LogP contribution in [0.5, 0.6) is 0 Å². The number of pyridine rings is 1. The van der Waals surface area contributed by atoms with Gasteiger partial charge in [-0.25, -0.2) is 4.79 Å². The zero-order valence-electron chi connectivity index (χ0n) is 26.3. The van der Waals surface area contributed by atoms with Crippen molar-refractivity contribution in [1.82, 2.24) is 9.88 Å². The number of amides is 1. The van der Waals surface area contributed by atoms with Crippen LogP contribution in [0.25, 0.3) is 0 Å². The number of aromatic nitrogens is 1. The lowest BCUT2D eigenvalue weighted by Gasteiger charge is -2.34. The van der Waals surface area contributed by atoms with E-state index < -0.39 is 67.2 Å². The lowest BCUT2D eigenvalue weighted by atomic mass is 9.78. The molecular weight excluding hydrogens is 355 g/mol. The number of piperidine rings is 1. The van der Waals surface area contributed by atoms with E-state index in [1.165, 1.54) is 33.0 Å². The van der Waals surface area contributed by atoms with Gasteiger partial charge >= 0.3 is 13.2 Å². The summed E-state index contributed by atoms with van der Waals surface area (Å²) in [6.45, 7) is 4.62. The van der Waals surface area contributed by atoms with Gasteiger partial charge in [-0.05, 0) is 66.8 Å². The van der Waals surface area contributed by atoms with Crippen LogP contribution in [0.4, 0.5) is 4.79 Å². The third-order valence-electron chi connectivity index (χ3n) is 4.73. The molecule has 1 aromatic heterocycles. The smallest absolute Gasteiger partial charge is 0.444 e. The second kappa shape index (κ2) is 7.34. The summed E-state index contributed by atoms with van der Waals surface area (Å²) in [5, 5.41) is 0. The van der Waals surface area contributed by atoms with Gasteiger partial charge in [0, 0.05) is 46.3 Å². The Labute approximate surface area is 181 Å². The first kappa shape index (κ1) is 12.2. The lowest BCUT2D eigenvalue weighted by Crippen LogP contribution is -2.42. The van der Waals surface area contributed by atoms with Crippen molar-refractivity contribution in [1.29, 1.82) is 0 Å². The van der Waals surface area contributed by atoms with Gasteiger partial charge in [0.15, 0.2) is 0 Å². The number of carbonyl (C=O) groups is 1. The molecule has 154 valence electrons. The Morgan fingerprint density at radius 3 is 2.57 bits per heavy atom. The quantitative estimate of drug-likeness (QED) is 0.715. The van der Waals surface area contributed by atoms with Crippen LogP contribution >= 0.6 is 0 Å². The molecule has 1 unspecified atom stereocenters. The zero-order chi connectivity index (χ0) is 28.8. The van der Waals surface area contributed by atoms with Gasteiger partial charge in [-0.2, -0.15) is 0 Å². The Morgan fingerprint density at radius 2 is 1.96 bits per heavy atom. The molecule has 1 atom stereocenters. The monoisotopic (exact) mass is 397 g/mol. The van der Waals surface area contributed by atoms with E-state index >= 15 is 0 Å². The lowest BCUT2D eigenvalue weighted by molar-refractivity contribution is 0.00578. The molecule has 28 heavy (non-hydrogen) atoms. The standard InChI is InChI=1S/C21H33BN2O4/c1-19(2,3)26-18(25)24-10-8-9-15(14-24)16-11-17(13-23-12-16)22-27-20(4,5)21(6,7)28-22/h11-13,15H,8-10,14H2,1-7H3/i8D2,9D2,10D2,14D2,15D. The summed E-state index contributed by atoms with van der Waals surface area (Å²) in [6, 6.07) is 1.21. The second-order valence-corrected chi connectivity index (χ2v) is 8.76. The Balaban J connectivity index is 2.23. The fourth-order valence-corrected chi connectivity index (χ4v) is 2.55. The van der Waals surface area contributed by atoms with Gasteiger partial charge in [-0.15, -0.1) is 0 Å². The first-order chi connectivity index (χ1) is 16.3. The van der Waals surface area contributed by atoms with Gasteiger partial charge < -0.3 is 18.9 Å². The minimum Gasteiger partial charge on any atom is -0.444 e. The molecule has 3 heterocycles. The largest absolute Gasteiger partial charge is 0.496 e. The van der Waals surface area contributed by atoms with Crippen LogP contribution in [0.1, 0.15) is 85.0 Å². The maximum absolute atomic E-state index is 13.1. The number of nitrogens with zero attached hydrogens (tertiary/aromatic N) is 2. The molecule has 0 N–H and O–H groups in total. The predicted octanol–water partition coefficient (Wildman–Crippen LogP) is 3.50. The molecule has 0 spiro atoms. The molecule has 0 radical (unpaired) electrons. The third-order valence-corrected chi connectivity index (χ3v) is 4.73. The highest BCUT2D eigenvalue weighted by atomic mass is 16.7. The summed E-state index contributed by atoms with van der Waals surface area (Å²) in [7, 11) is -1.01. The Bertz CT molecular complexity index is 1080. The molecule has 0 aromatic carbocycles. The maximum Gasteiger partial charge on any atom is 0.496 e. The highest BCUT2D eigenvalue weighted by Gasteiger charge is 2.51. The summed E-state index contributed by atoms with van der Waals surface area (Å²) >= 11 is 0. The van der Waals surface area contributed by atoms with Crippen molar-refractivity contribution in [3.8, 4) is 0 Å². The number of likely N-dealkylation sites (tertiary alicyclic amines) is 1. The van der Waals surface area contributed by atoms with E-state index in [1.54, 1.807) is 0 Å². The third kappa shape index (κ3) is 4.52. The Kier molecular flexibility index (Phi) is 3.19. The minimum atomic E-state index is -3.56. The maximum atomic E-state index is 13.1. The summed E-state index contributed by atoms with van der Waals surface area (Å²) in [5.74, 6) is -3.21. The van der Waals surface area contributed by atoms with Crippen LogP contribution < -0.4 is 5.46 Å². The van der Waals surface area contributed by atoms with E-state index in [0.717, 1.165) is 6.20 Å². The van der Waals surface area contributed by atoms with Gasteiger partial charge in [0.1, 0.15) is 5.60 Å². The highest BCUT2D eigenvalue weighted by molar-refractivity contribution is 6.62. The van der Waals surface area contributed by atoms with Gasteiger partial charge in [0.2, 0.25) is 0 Å². The molecule has 1 aromatic rings. The number of carbonyl (C=O) groups excluding carboxylic acids is 1. The number of ether oxygens (including phenoxy) is 1. The number of rotatable bonds is 2. The van der Waals surface area contributed by atoms with Crippen LogP contribution in [-0.4, -0.2) is 52.9 Å². The minimum absolute atomic E-state index is 0.152. The zero-order valence-corrected chi connectivity index (χ0v) is 17.3. The number of hydrogen-bond donors (Lipinski definition) is 0. The van der Waals surface area contributed by atoms with Crippen LogP contribution in [0.15, 0.2) is 18.5 Å². The Morgan fingerprint density at radius 1 is 1.32 bits per heavy atom. The van der Waals surface area contributed by atoms with Gasteiger partial charge in [-0.1, -0.05) is 6.07 Å². The van der Waals surface area contributed by atoms with Gasteiger partial charge in [-0.3, -0.25) is 4.98 Å². The van der Waals surface area contributed by atoms with Crippen LogP contribution in [0.3, 0.4) is 0 Å². The summed E-state index contributed by atoms with van der Waals surface area (Å²) in [4.78, 5) is 17.0. The Hall–Kier alpha value is -1.60. The first-order valence-corrected chi connectivity index (χ1v) is 9.12. The molecule has 2 aliphatic heterocycles. The predicted molar refractivity (Wildman–Crippen MR) is 110 cm³/mol. The molecular formula is C21H33BN2O4. The highest BCUT2D eigenvalue weighted by Crippen LogP contribution is 2.36. The van der Waals surface area contributed by atoms with Crippen molar-refractivity contribution in [2.45, 2.75) is 83.9 Å². The van der Waals surface area contributed by atoms with Crippen molar-refractivity contribution in [2.75, 3.05) is 13.0 Å². The van der Waals surface area contributed by atoms with Crippen molar-refractivity contribution in [3.05, 3.63) is 24.0 Å². The molecule has 2 fully saturated rings. The molecule has 2 saturated heterocycles. The molecule has 7 heteroatoms. The average molecular weight is 397 g/mol. The molecule has 6 nitrogen and oxygen atoms in total. The van der Waals surface area contributed by atoms with Crippen molar-refractivity contribution in [3.63, 3.8) is 0 Å². The molecule has 0 saturated carbocycles. The number of hydrogen-bond acceptors (Lipinski definition) is 5. The van der Waals surface area contributed by atoms with E-state index in [4.69, 9.17) is 26.4 Å². The fourth-order valence-electron chi connectivity index (χ4n) is 2.55. The topological polar surface area (TPSA) is 60.9 Å². The van der Waals surface area contributed by atoms with Gasteiger partial charge in [0.25, 0.3) is 0 Å². The van der Waals surface area contributed by atoms with E-state index in [0.29, 0.717) is 0 Å². The van der Waals surface area contributed by atoms with Crippen LogP contribution in [0.2, 0.25) is 0 Å². The van der Waals surface area contributed by atoms with E-state index in [-0.39, 0.29) is 10.4 Å². The normalized spacial score (nSPS) is 38.9.